The minimum atomic E-state index is -0.531. The molecule has 3 aromatic rings. The van der Waals surface area contributed by atoms with E-state index in [0.29, 0.717) is 27.0 Å². The number of halogens is 2. The van der Waals surface area contributed by atoms with Crippen molar-refractivity contribution >= 4 is 51.7 Å². The molecule has 21 heavy (non-hydrogen) atoms. The first-order chi connectivity index (χ1) is 10.0. The van der Waals surface area contributed by atoms with Gasteiger partial charge < -0.3 is 15.5 Å². The van der Waals surface area contributed by atoms with Crippen LogP contribution in [0, 0.1) is 0 Å². The maximum absolute atomic E-state index is 12.2. The zero-order valence-corrected chi connectivity index (χ0v) is 11.9. The van der Waals surface area contributed by atoms with E-state index in [1.165, 1.54) is 18.5 Å². The number of carbonyl (C=O) groups is 1. The Bertz CT molecular complexity index is 830. The summed E-state index contributed by atoms with van der Waals surface area (Å²) in [6.45, 7) is 0. The predicted molar refractivity (Wildman–Crippen MR) is 80.6 cm³/mol. The van der Waals surface area contributed by atoms with Gasteiger partial charge in [0.05, 0.1) is 10.0 Å². The van der Waals surface area contributed by atoms with Crippen molar-refractivity contribution < 1.29 is 9.21 Å². The van der Waals surface area contributed by atoms with Gasteiger partial charge >= 0.3 is 0 Å². The molecule has 3 N–H and O–H groups in total. The summed E-state index contributed by atoms with van der Waals surface area (Å²) in [5.74, 6) is -0.247. The SMILES string of the molecule is Nc1c(C(=O)Nc2ccc(Cl)cn2)oc2cc(Cl)cnc12. The van der Waals surface area contributed by atoms with E-state index in [1.807, 2.05) is 0 Å². The molecule has 8 heteroatoms. The van der Waals surface area contributed by atoms with Gasteiger partial charge in [-0.2, -0.15) is 0 Å². The Hall–Kier alpha value is -2.31. The third-order valence-corrected chi connectivity index (χ3v) is 3.14. The molecule has 0 radical (unpaired) electrons. The molecule has 0 saturated heterocycles. The molecule has 0 aromatic carbocycles. The number of furan rings is 1. The van der Waals surface area contributed by atoms with Crippen LogP contribution in [0.25, 0.3) is 11.1 Å². The van der Waals surface area contributed by atoms with Crippen molar-refractivity contribution in [1.82, 2.24) is 9.97 Å². The summed E-state index contributed by atoms with van der Waals surface area (Å²) in [6.07, 6.45) is 2.85. The number of rotatable bonds is 2. The molecule has 0 aliphatic carbocycles. The summed E-state index contributed by atoms with van der Waals surface area (Å²) in [6, 6.07) is 4.71. The number of aromatic nitrogens is 2. The predicted octanol–water partition coefficient (Wildman–Crippen LogP) is 3.36. The number of nitrogen functional groups attached to an aromatic ring is 1. The Morgan fingerprint density at radius 2 is 1.95 bits per heavy atom. The monoisotopic (exact) mass is 322 g/mol. The molecule has 0 atom stereocenters. The van der Waals surface area contributed by atoms with Crippen molar-refractivity contribution in [2.45, 2.75) is 0 Å². The molecule has 1 amide bonds. The maximum atomic E-state index is 12.2. The minimum Gasteiger partial charge on any atom is -0.447 e. The van der Waals surface area contributed by atoms with E-state index in [9.17, 15) is 4.79 Å². The lowest BCUT2D eigenvalue weighted by molar-refractivity contribution is 0.0999. The van der Waals surface area contributed by atoms with Gasteiger partial charge in [0.15, 0.2) is 5.58 Å². The third kappa shape index (κ3) is 2.63. The number of hydrogen-bond donors (Lipinski definition) is 2. The smallest absolute Gasteiger partial charge is 0.294 e. The lowest BCUT2D eigenvalue weighted by Gasteiger charge is -2.02. The van der Waals surface area contributed by atoms with E-state index >= 15 is 0 Å². The highest BCUT2D eigenvalue weighted by Crippen LogP contribution is 2.28. The van der Waals surface area contributed by atoms with Crippen LogP contribution in [-0.2, 0) is 0 Å². The molecule has 106 valence electrons. The summed E-state index contributed by atoms with van der Waals surface area (Å²) in [7, 11) is 0. The molecular formula is C13H8Cl2N4O2. The topological polar surface area (TPSA) is 94.0 Å². The molecule has 0 aliphatic rings. The number of pyridine rings is 2. The number of fused-ring (bicyclic) bond motifs is 1. The number of carbonyl (C=O) groups excluding carboxylic acids is 1. The number of nitrogens with zero attached hydrogens (tertiary/aromatic N) is 2. The van der Waals surface area contributed by atoms with E-state index in [4.69, 9.17) is 33.4 Å². The normalized spacial score (nSPS) is 10.8. The van der Waals surface area contributed by atoms with Gasteiger partial charge in [0.1, 0.15) is 17.0 Å². The largest absolute Gasteiger partial charge is 0.447 e. The molecule has 0 bridgehead atoms. The Labute approximate surface area is 128 Å². The van der Waals surface area contributed by atoms with Crippen LogP contribution in [0.1, 0.15) is 10.6 Å². The van der Waals surface area contributed by atoms with Crippen LogP contribution in [-0.4, -0.2) is 15.9 Å². The highest BCUT2D eigenvalue weighted by molar-refractivity contribution is 6.31. The quantitative estimate of drug-likeness (QED) is 0.754. The van der Waals surface area contributed by atoms with Gasteiger partial charge in [-0.25, -0.2) is 9.97 Å². The van der Waals surface area contributed by atoms with Gasteiger partial charge in [0, 0.05) is 18.5 Å². The summed E-state index contributed by atoms with van der Waals surface area (Å²) in [5, 5.41) is 3.42. The highest BCUT2D eigenvalue weighted by Gasteiger charge is 2.20. The second-order valence-electron chi connectivity index (χ2n) is 4.16. The fourth-order valence-corrected chi connectivity index (χ4v) is 2.02. The van der Waals surface area contributed by atoms with Crippen LogP contribution >= 0.6 is 23.2 Å². The Balaban J connectivity index is 1.94. The van der Waals surface area contributed by atoms with Crippen molar-refractivity contribution in [1.29, 1.82) is 0 Å². The summed E-state index contributed by atoms with van der Waals surface area (Å²) < 4.78 is 5.40. The van der Waals surface area contributed by atoms with Crippen LogP contribution in [0.15, 0.2) is 35.0 Å². The molecule has 0 saturated carbocycles. The lowest BCUT2D eigenvalue weighted by atomic mass is 10.3. The van der Waals surface area contributed by atoms with Crippen LogP contribution in [0.2, 0.25) is 10.0 Å². The molecule has 3 heterocycles. The van der Waals surface area contributed by atoms with Crippen molar-refractivity contribution in [3.8, 4) is 0 Å². The van der Waals surface area contributed by atoms with E-state index in [0.717, 1.165) is 0 Å². The van der Waals surface area contributed by atoms with E-state index < -0.39 is 5.91 Å². The van der Waals surface area contributed by atoms with Crippen molar-refractivity contribution in [2.24, 2.45) is 0 Å². The summed E-state index contributed by atoms with van der Waals surface area (Å²) in [4.78, 5) is 20.2. The molecule has 0 spiro atoms. The number of hydrogen-bond acceptors (Lipinski definition) is 5. The Morgan fingerprint density at radius 1 is 1.19 bits per heavy atom. The fourth-order valence-electron chi connectivity index (χ4n) is 1.76. The minimum absolute atomic E-state index is 0.0449. The van der Waals surface area contributed by atoms with E-state index in [-0.39, 0.29) is 11.4 Å². The van der Waals surface area contributed by atoms with Crippen molar-refractivity contribution in [3.63, 3.8) is 0 Å². The van der Waals surface area contributed by atoms with Crippen molar-refractivity contribution in [3.05, 3.63) is 46.4 Å². The van der Waals surface area contributed by atoms with Gasteiger partial charge in [-0.05, 0) is 12.1 Å². The second kappa shape index (κ2) is 5.23. The molecule has 6 nitrogen and oxygen atoms in total. The van der Waals surface area contributed by atoms with E-state index in [2.05, 4.69) is 15.3 Å². The maximum Gasteiger partial charge on any atom is 0.294 e. The summed E-state index contributed by atoms with van der Waals surface area (Å²) >= 11 is 11.5. The van der Waals surface area contributed by atoms with Gasteiger partial charge in [0.2, 0.25) is 5.76 Å². The number of amides is 1. The number of anilines is 2. The molecule has 3 rings (SSSR count). The van der Waals surface area contributed by atoms with Gasteiger partial charge in [-0.3, -0.25) is 4.79 Å². The lowest BCUT2D eigenvalue weighted by Crippen LogP contribution is -2.13. The third-order valence-electron chi connectivity index (χ3n) is 2.71. The highest BCUT2D eigenvalue weighted by atomic mass is 35.5. The number of nitrogens with two attached hydrogens (primary N) is 1. The van der Waals surface area contributed by atoms with Gasteiger partial charge in [-0.1, -0.05) is 23.2 Å². The van der Waals surface area contributed by atoms with Crippen LogP contribution in [0.4, 0.5) is 11.5 Å². The zero-order valence-electron chi connectivity index (χ0n) is 10.4. The fraction of sp³-hybridized carbons (Fsp3) is 0. The molecule has 0 unspecified atom stereocenters. The molecule has 0 fully saturated rings. The van der Waals surface area contributed by atoms with Crippen molar-refractivity contribution in [2.75, 3.05) is 11.1 Å². The Morgan fingerprint density at radius 3 is 2.67 bits per heavy atom. The molecular weight excluding hydrogens is 315 g/mol. The first kappa shape index (κ1) is 13.7. The van der Waals surface area contributed by atoms with Crippen LogP contribution in [0.3, 0.4) is 0 Å². The summed E-state index contributed by atoms with van der Waals surface area (Å²) in [5.41, 5.74) is 6.74. The molecule has 0 aliphatic heterocycles. The second-order valence-corrected chi connectivity index (χ2v) is 5.03. The first-order valence-corrected chi connectivity index (χ1v) is 6.56. The zero-order chi connectivity index (χ0) is 15.0. The molecule has 3 aromatic heterocycles. The first-order valence-electron chi connectivity index (χ1n) is 5.81. The van der Waals surface area contributed by atoms with E-state index in [1.54, 1.807) is 12.1 Å². The number of nitrogens with one attached hydrogen (secondary N) is 1. The van der Waals surface area contributed by atoms with Gasteiger partial charge in [0.25, 0.3) is 5.91 Å². The average molecular weight is 323 g/mol. The van der Waals surface area contributed by atoms with Crippen LogP contribution < -0.4 is 11.1 Å². The Kier molecular flexibility index (Phi) is 3.40. The van der Waals surface area contributed by atoms with Gasteiger partial charge in [-0.15, -0.1) is 0 Å². The average Bonchev–Trinajstić information content (AvgIpc) is 2.78. The van der Waals surface area contributed by atoms with Crippen LogP contribution in [0.5, 0.6) is 0 Å². The standard InChI is InChI=1S/C13H8Cl2N4O2/c14-6-1-2-9(17-4-6)19-13(20)12-10(16)11-8(21-12)3-7(15)5-18-11/h1-5H,16H2,(H,17,19,20).